The summed E-state index contributed by atoms with van der Waals surface area (Å²) in [5.41, 5.74) is 4.18. The van der Waals surface area contributed by atoms with Crippen molar-refractivity contribution in [3.63, 3.8) is 0 Å². The highest BCUT2D eigenvalue weighted by molar-refractivity contribution is 7.71. The van der Waals surface area contributed by atoms with Crippen LogP contribution in [0.4, 0.5) is 5.69 Å². The summed E-state index contributed by atoms with van der Waals surface area (Å²) in [5.74, 6) is -0.286. The Morgan fingerprint density at radius 3 is 2.35 bits per heavy atom. The maximum Gasteiger partial charge on any atom is 0.276 e. The molecule has 1 aromatic heterocycles. The van der Waals surface area contributed by atoms with E-state index in [0.717, 1.165) is 35.1 Å². The molecular weight excluding hydrogens is 514 g/mol. The van der Waals surface area contributed by atoms with E-state index in [2.05, 4.69) is 22.4 Å². The standard InChI is InChI=1S/C26H26ClN5O4S/c1-2-19-13-22(15-33)32(31-25(19)20-7-3-18(4-8-20)16-37(35)36)14-17-5-9-21(10-6-17)28-26(34)23-11-12-24(27)30-29-23/h3-12,15,19,22,37H,2,13-14,16H2,1H3,(H,28,34). The van der Waals surface area contributed by atoms with Crippen LogP contribution < -0.4 is 5.32 Å². The zero-order chi connectivity index (χ0) is 26.4. The third-order valence-electron chi connectivity index (χ3n) is 6.16. The number of aromatic nitrogens is 2. The van der Waals surface area contributed by atoms with Crippen molar-refractivity contribution < 1.29 is 18.0 Å². The lowest BCUT2D eigenvalue weighted by Crippen LogP contribution is -2.41. The Labute approximate surface area is 221 Å². The summed E-state index contributed by atoms with van der Waals surface area (Å²) in [4.78, 5) is 24.3. The molecule has 11 heteroatoms. The summed E-state index contributed by atoms with van der Waals surface area (Å²) in [6.45, 7) is 2.48. The second-order valence-electron chi connectivity index (χ2n) is 8.71. The van der Waals surface area contributed by atoms with Gasteiger partial charge >= 0.3 is 0 Å². The number of thiol groups is 1. The monoisotopic (exact) mass is 539 g/mol. The number of hydrogen-bond donors (Lipinski definition) is 2. The van der Waals surface area contributed by atoms with Crippen LogP contribution >= 0.6 is 11.6 Å². The molecule has 2 aromatic carbocycles. The van der Waals surface area contributed by atoms with Gasteiger partial charge in [-0.25, -0.2) is 8.42 Å². The van der Waals surface area contributed by atoms with Crippen molar-refractivity contribution in [1.29, 1.82) is 0 Å². The third kappa shape index (κ3) is 6.78. The van der Waals surface area contributed by atoms with E-state index in [0.29, 0.717) is 18.7 Å². The van der Waals surface area contributed by atoms with Crippen LogP contribution in [0.2, 0.25) is 5.15 Å². The summed E-state index contributed by atoms with van der Waals surface area (Å²) < 4.78 is 22.1. The number of hydrazone groups is 1. The molecule has 9 nitrogen and oxygen atoms in total. The molecule has 2 atom stereocenters. The van der Waals surface area contributed by atoms with Crippen molar-refractivity contribution in [2.24, 2.45) is 11.0 Å². The largest absolute Gasteiger partial charge is 0.321 e. The van der Waals surface area contributed by atoms with E-state index in [4.69, 9.17) is 16.7 Å². The van der Waals surface area contributed by atoms with Crippen LogP contribution in [-0.4, -0.2) is 47.6 Å². The summed E-state index contributed by atoms with van der Waals surface area (Å²) in [6.07, 6.45) is 2.40. The van der Waals surface area contributed by atoms with Gasteiger partial charge in [-0.1, -0.05) is 54.9 Å². The number of nitrogens with zero attached hydrogens (tertiary/aromatic N) is 4. The Kier molecular flexibility index (Phi) is 8.62. The van der Waals surface area contributed by atoms with Crippen molar-refractivity contribution in [3.8, 4) is 0 Å². The molecule has 0 radical (unpaired) electrons. The van der Waals surface area contributed by atoms with Crippen LogP contribution in [0.3, 0.4) is 0 Å². The quantitative estimate of drug-likeness (QED) is 0.314. The van der Waals surface area contributed by atoms with Crippen molar-refractivity contribution in [2.75, 3.05) is 5.32 Å². The lowest BCUT2D eigenvalue weighted by Gasteiger charge is -2.35. The Hall–Kier alpha value is -3.63. The molecule has 0 spiro atoms. The molecule has 1 aliphatic rings. The van der Waals surface area contributed by atoms with E-state index in [1.807, 2.05) is 24.3 Å². The van der Waals surface area contributed by atoms with E-state index in [-0.39, 0.29) is 28.6 Å². The first-order valence-electron chi connectivity index (χ1n) is 11.8. The number of rotatable bonds is 9. The Morgan fingerprint density at radius 2 is 1.76 bits per heavy atom. The number of anilines is 1. The smallest absolute Gasteiger partial charge is 0.276 e. The first-order valence-corrected chi connectivity index (χ1v) is 13.5. The normalized spacial score (nSPS) is 17.4. The topological polar surface area (TPSA) is 122 Å². The molecule has 3 aromatic rings. The number of carbonyl (C=O) groups is 2. The van der Waals surface area contributed by atoms with Crippen LogP contribution in [0.25, 0.3) is 0 Å². The molecule has 0 saturated carbocycles. The fourth-order valence-electron chi connectivity index (χ4n) is 4.19. The number of nitrogens with one attached hydrogen (secondary N) is 1. The Bertz CT molecular complexity index is 1350. The summed E-state index contributed by atoms with van der Waals surface area (Å²) in [7, 11) is -2.49. The molecule has 192 valence electrons. The number of amides is 1. The highest BCUT2D eigenvalue weighted by Gasteiger charge is 2.30. The number of aldehydes is 1. The van der Waals surface area contributed by atoms with Crippen molar-refractivity contribution in [1.82, 2.24) is 15.2 Å². The number of hydrogen-bond acceptors (Lipinski definition) is 8. The van der Waals surface area contributed by atoms with E-state index in [9.17, 15) is 18.0 Å². The molecule has 4 rings (SSSR count). The number of carbonyl (C=O) groups excluding carboxylic acids is 2. The number of halogens is 1. The predicted molar refractivity (Wildman–Crippen MR) is 142 cm³/mol. The van der Waals surface area contributed by atoms with Gasteiger partial charge in [-0.3, -0.25) is 9.80 Å². The maximum atomic E-state index is 12.4. The molecule has 2 heterocycles. The maximum absolute atomic E-state index is 12.4. The lowest BCUT2D eigenvalue weighted by molar-refractivity contribution is -0.113. The van der Waals surface area contributed by atoms with Gasteiger partial charge in [0.1, 0.15) is 23.0 Å². The Balaban J connectivity index is 1.50. The van der Waals surface area contributed by atoms with Crippen molar-refractivity contribution >= 4 is 45.9 Å². The minimum atomic E-state index is -2.49. The van der Waals surface area contributed by atoms with Crippen LogP contribution in [0.15, 0.2) is 65.8 Å². The van der Waals surface area contributed by atoms with Crippen LogP contribution in [0, 0.1) is 5.92 Å². The molecule has 1 N–H and O–H groups in total. The van der Waals surface area contributed by atoms with Gasteiger partial charge in [-0.05, 0) is 53.8 Å². The fraction of sp³-hybridized carbons (Fsp3) is 0.269. The van der Waals surface area contributed by atoms with Crippen LogP contribution in [0.1, 0.15) is 46.9 Å². The minimum Gasteiger partial charge on any atom is -0.321 e. The van der Waals surface area contributed by atoms with E-state index in [1.54, 1.807) is 29.3 Å². The number of benzene rings is 2. The lowest BCUT2D eigenvalue weighted by atomic mass is 9.87. The highest BCUT2D eigenvalue weighted by Crippen LogP contribution is 2.28. The first kappa shape index (κ1) is 26.4. The molecule has 0 saturated heterocycles. The minimum absolute atomic E-state index is 0.00217. The van der Waals surface area contributed by atoms with Gasteiger partial charge in [0, 0.05) is 11.6 Å². The van der Waals surface area contributed by atoms with Gasteiger partial charge in [-0.2, -0.15) is 5.10 Å². The molecule has 0 aliphatic carbocycles. The SMILES string of the molecule is CCC1CC(C=O)N(Cc2ccc(NC(=O)c3ccc(Cl)nn3)cc2)N=C1c1ccc(C[SH](=O)=O)cc1. The molecule has 0 fully saturated rings. The van der Waals surface area contributed by atoms with Gasteiger partial charge in [-0.15, -0.1) is 10.2 Å². The van der Waals surface area contributed by atoms with Gasteiger partial charge in [0.15, 0.2) is 10.8 Å². The zero-order valence-corrected chi connectivity index (χ0v) is 21.7. The van der Waals surface area contributed by atoms with Gasteiger partial charge in [0.2, 0.25) is 0 Å². The Morgan fingerprint density at radius 1 is 1.05 bits per heavy atom. The fourth-order valence-corrected chi connectivity index (χ4v) is 4.80. The predicted octanol–water partition coefficient (Wildman–Crippen LogP) is 3.70. The molecule has 2 unspecified atom stereocenters. The van der Waals surface area contributed by atoms with E-state index < -0.39 is 16.6 Å². The molecule has 37 heavy (non-hydrogen) atoms. The van der Waals surface area contributed by atoms with Crippen LogP contribution in [-0.2, 0) is 27.8 Å². The van der Waals surface area contributed by atoms with Crippen LogP contribution in [0.5, 0.6) is 0 Å². The van der Waals surface area contributed by atoms with E-state index in [1.165, 1.54) is 12.1 Å². The average Bonchev–Trinajstić information content (AvgIpc) is 2.90. The molecule has 1 aliphatic heterocycles. The second kappa shape index (κ2) is 12.1. The average molecular weight is 540 g/mol. The van der Waals surface area contributed by atoms with Gasteiger partial charge < -0.3 is 10.1 Å². The first-order chi connectivity index (χ1) is 17.9. The second-order valence-corrected chi connectivity index (χ2v) is 10.1. The van der Waals surface area contributed by atoms with E-state index >= 15 is 0 Å². The highest BCUT2D eigenvalue weighted by atomic mass is 35.5. The van der Waals surface area contributed by atoms with Crippen molar-refractivity contribution in [2.45, 2.75) is 38.1 Å². The van der Waals surface area contributed by atoms with Crippen molar-refractivity contribution in [3.05, 3.63) is 88.2 Å². The molecular formula is C26H26ClN5O4S. The third-order valence-corrected chi connectivity index (χ3v) is 6.99. The molecule has 0 bridgehead atoms. The van der Waals surface area contributed by atoms with Gasteiger partial charge in [0.05, 0.1) is 18.0 Å². The van der Waals surface area contributed by atoms with Gasteiger partial charge in [0.25, 0.3) is 5.91 Å². The molecule has 1 amide bonds. The summed E-state index contributed by atoms with van der Waals surface area (Å²) in [5, 5.41) is 17.1. The summed E-state index contributed by atoms with van der Waals surface area (Å²) >= 11 is 5.72. The zero-order valence-electron chi connectivity index (χ0n) is 20.1. The summed E-state index contributed by atoms with van der Waals surface area (Å²) in [6, 6.07) is 17.3.